The van der Waals surface area contributed by atoms with Gasteiger partial charge in [-0.3, -0.25) is 4.79 Å². The molecule has 1 aromatic carbocycles. The van der Waals surface area contributed by atoms with E-state index in [0.717, 1.165) is 55.5 Å². The van der Waals surface area contributed by atoms with Crippen molar-refractivity contribution in [2.75, 3.05) is 6.54 Å². The second kappa shape index (κ2) is 9.58. The number of carbonyl (C=O) groups is 1. The number of hydrogen-bond acceptors (Lipinski definition) is 3. The summed E-state index contributed by atoms with van der Waals surface area (Å²) < 4.78 is 2.22. The molecule has 1 amide bonds. The smallest absolute Gasteiger partial charge is 0.224 e. The molecule has 26 heavy (non-hydrogen) atoms. The predicted molar refractivity (Wildman–Crippen MR) is 111 cm³/mol. The van der Waals surface area contributed by atoms with Gasteiger partial charge in [0.25, 0.3) is 0 Å². The molecule has 146 valence electrons. The Kier molecular flexibility index (Phi) is 8.38. The predicted octanol–water partition coefficient (Wildman–Crippen LogP) is 3.47. The van der Waals surface area contributed by atoms with Gasteiger partial charge in [0.1, 0.15) is 5.82 Å². The molecule has 5 nitrogen and oxygen atoms in total. The molecule has 1 aliphatic carbocycles. The van der Waals surface area contributed by atoms with Crippen LogP contribution in [0.4, 0.5) is 0 Å². The maximum Gasteiger partial charge on any atom is 0.224 e. The molecule has 1 fully saturated rings. The largest absolute Gasteiger partial charge is 0.355 e. The zero-order chi connectivity index (χ0) is 17.2. The summed E-state index contributed by atoms with van der Waals surface area (Å²) in [5.74, 6) is 1.05. The van der Waals surface area contributed by atoms with Crippen molar-refractivity contribution < 1.29 is 4.79 Å². The third kappa shape index (κ3) is 4.70. The first-order chi connectivity index (χ1) is 11.5. The van der Waals surface area contributed by atoms with Crippen molar-refractivity contribution in [1.82, 2.24) is 14.9 Å². The minimum atomic E-state index is -0.376. The van der Waals surface area contributed by atoms with Crippen LogP contribution in [0.1, 0.15) is 45.4 Å². The van der Waals surface area contributed by atoms with E-state index in [4.69, 9.17) is 10.7 Å². The molecule has 0 aliphatic heterocycles. The van der Waals surface area contributed by atoms with E-state index in [1.807, 2.05) is 25.1 Å². The molecule has 0 radical (unpaired) electrons. The topological polar surface area (TPSA) is 72.9 Å². The van der Waals surface area contributed by atoms with Crippen molar-refractivity contribution in [3.8, 4) is 0 Å². The van der Waals surface area contributed by atoms with Gasteiger partial charge in [-0.1, -0.05) is 25.0 Å². The van der Waals surface area contributed by atoms with E-state index in [-0.39, 0.29) is 42.2 Å². The summed E-state index contributed by atoms with van der Waals surface area (Å²) in [6.45, 7) is 5.62. The number of benzene rings is 1. The summed E-state index contributed by atoms with van der Waals surface area (Å²) in [6.07, 6.45) is 4.78. The molecule has 3 N–H and O–H groups in total. The summed E-state index contributed by atoms with van der Waals surface area (Å²) in [5.41, 5.74) is 8.12. The minimum Gasteiger partial charge on any atom is -0.355 e. The van der Waals surface area contributed by atoms with Crippen LogP contribution in [0.15, 0.2) is 24.3 Å². The maximum atomic E-state index is 12.5. The standard InChI is InChI=1S/C19H28N4O.2ClH/c1-3-23-16-10-5-4-9-15(16)22-17(23)11-13-21-18(24)14-8-6-7-12-19(14,2)20;;/h4-5,9-10,14H,3,6-8,11-13,20H2,1-2H3,(H,21,24);2*1H. The van der Waals surface area contributed by atoms with E-state index in [2.05, 4.69) is 22.9 Å². The van der Waals surface area contributed by atoms with Gasteiger partial charge in [0.2, 0.25) is 5.91 Å². The highest BCUT2D eigenvalue weighted by Gasteiger charge is 2.37. The van der Waals surface area contributed by atoms with Crippen molar-refractivity contribution in [1.29, 1.82) is 0 Å². The number of hydrogen-bond donors (Lipinski definition) is 2. The number of imidazole rings is 1. The Bertz CT molecular complexity index is 729. The summed E-state index contributed by atoms with van der Waals surface area (Å²) in [4.78, 5) is 17.2. The second-order valence-corrected chi connectivity index (χ2v) is 7.11. The first kappa shape index (κ1) is 22.7. The molecule has 0 spiro atoms. The Morgan fingerprint density at radius 1 is 1.35 bits per heavy atom. The van der Waals surface area contributed by atoms with Crippen LogP contribution in [0.5, 0.6) is 0 Å². The number of nitrogens with two attached hydrogens (primary N) is 1. The average Bonchev–Trinajstić information content (AvgIpc) is 2.91. The SMILES string of the molecule is CCn1c(CCNC(=O)C2CCCCC2(C)N)nc2ccccc21.Cl.Cl. The zero-order valence-electron chi connectivity index (χ0n) is 15.5. The number of carbonyl (C=O) groups excluding carboxylic acids is 1. The molecule has 3 rings (SSSR count). The van der Waals surface area contributed by atoms with E-state index in [1.165, 1.54) is 0 Å². The van der Waals surface area contributed by atoms with Gasteiger partial charge in [0.15, 0.2) is 0 Å². The number of aryl methyl sites for hydroxylation is 1. The molecule has 2 atom stereocenters. The number of fused-ring (bicyclic) bond motifs is 1. The molecule has 2 aromatic rings. The van der Waals surface area contributed by atoms with Crippen molar-refractivity contribution in [3.05, 3.63) is 30.1 Å². The molecule has 1 aromatic heterocycles. The highest BCUT2D eigenvalue weighted by atomic mass is 35.5. The molecule has 1 saturated carbocycles. The number of nitrogens with zero attached hydrogens (tertiary/aromatic N) is 2. The lowest BCUT2D eigenvalue weighted by molar-refractivity contribution is -0.128. The first-order valence-corrected chi connectivity index (χ1v) is 9.03. The lowest BCUT2D eigenvalue weighted by atomic mass is 9.74. The van der Waals surface area contributed by atoms with Crippen molar-refractivity contribution in [2.45, 2.75) is 58.0 Å². The lowest BCUT2D eigenvalue weighted by Crippen LogP contribution is -2.53. The minimum absolute atomic E-state index is 0. The fourth-order valence-electron chi connectivity index (χ4n) is 3.88. The van der Waals surface area contributed by atoms with Crippen LogP contribution in [0.2, 0.25) is 0 Å². The number of aromatic nitrogens is 2. The van der Waals surface area contributed by atoms with Crippen LogP contribution >= 0.6 is 24.8 Å². The normalized spacial score (nSPS) is 22.3. The molecular formula is C19H30Cl2N4O. The fourth-order valence-corrected chi connectivity index (χ4v) is 3.88. The molecule has 0 saturated heterocycles. The molecule has 7 heteroatoms. The van der Waals surface area contributed by atoms with Crippen LogP contribution in [0, 0.1) is 5.92 Å². The van der Waals surface area contributed by atoms with Gasteiger partial charge in [0.05, 0.1) is 17.0 Å². The Morgan fingerprint density at radius 2 is 2.08 bits per heavy atom. The number of para-hydroxylation sites is 2. The van der Waals surface area contributed by atoms with E-state index in [0.29, 0.717) is 6.54 Å². The van der Waals surface area contributed by atoms with E-state index in [9.17, 15) is 4.79 Å². The van der Waals surface area contributed by atoms with Crippen molar-refractivity contribution >= 4 is 41.8 Å². The molecule has 0 bridgehead atoms. The fraction of sp³-hybridized carbons (Fsp3) is 0.579. The van der Waals surface area contributed by atoms with E-state index < -0.39 is 0 Å². The average molecular weight is 401 g/mol. The van der Waals surface area contributed by atoms with Gasteiger partial charge in [-0.2, -0.15) is 0 Å². The maximum absolute atomic E-state index is 12.5. The first-order valence-electron chi connectivity index (χ1n) is 9.03. The number of amides is 1. The zero-order valence-corrected chi connectivity index (χ0v) is 17.2. The van der Waals surface area contributed by atoms with Crippen molar-refractivity contribution in [3.63, 3.8) is 0 Å². The Balaban J connectivity index is 0.00000169. The summed E-state index contributed by atoms with van der Waals surface area (Å²) >= 11 is 0. The van der Waals surface area contributed by atoms with Crippen molar-refractivity contribution in [2.24, 2.45) is 11.7 Å². The van der Waals surface area contributed by atoms with Gasteiger partial charge in [-0.05, 0) is 38.8 Å². The van der Waals surface area contributed by atoms with Gasteiger partial charge in [-0.15, -0.1) is 24.8 Å². The summed E-state index contributed by atoms with van der Waals surface area (Å²) in [5, 5.41) is 3.08. The number of rotatable bonds is 5. The third-order valence-corrected chi connectivity index (χ3v) is 5.27. The Morgan fingerprint density at radius 3 is 2.77 bits per heavy atom. The van der Waals surface area contributed by atoms with Gasteiger partial charge in [0, 0.05) is 25.0 Å². The number of halogens is 2. The molecular weight excluding hydrogens is 371 g/mol. The van der Waals surface area contributed by atoms with Crippen LogP contribution in [0.25, 0.3) is 11.0 Å². The molecule has 2 unspecified atom stereocenters. The third-order valence-electron chi connectivity index (χ3n) is 5.27. The molecule has 1 aliphatic rings. The van der Waals surface area contributed by atoms with Crippen LogP contribution in [-0.4, -0.2) is 27.5 Å². The van der Waals surface area contributed by atoms with Gasteiger partial charge in [-0.25, -0.2) is 4.98 Å². The van der Waals surface area contributed by atoms with Crippen LogP contribution in [0.3, 0.4) is 0 Å². The van der Waals surface area contributed by atoms with Crippen LogP contribution in [-0.2, 0) is 17.8 Å². The quantitative estimate of drug-likeness (QED) is 0.806. The monoisotopic (exact) mass is 400 g/mol. The van der Waals surface area contributed by atoms with E-state index in [1.54, 1.807) is 0 Å². The molecule has 1 heterocycles. The van der Waals surface area contributed by atoms with Crippen LogP contribution < -0.4 is 11.1 Å². The Labute approximate surface area is 167 Å². The summed E-state index contributed by atoms with van der Waals surface area (Å²) in [7, 11) is 0. The van der Waals surface area contributed by atoms with Gasteiger partial charge >= 0.3 is 0 Å². The highest BCUT2D eigenvalue weighted by Crippen LogP contribution is 2.31. The highest BCUT2D eigenvalue weighted by molar-refractivity contribution is 5.85. The Hall–Kier alpha value is -1.30. The lowest BCUT2D eigenvalue weighted by Gasteiger charge is -2.37. The van der Waals surface area contributed by atoms with E-state index >= 15 is 0 Å². The van der Waals surface area contributed by atoms with Gasteiger partial charge < -0.3 is 15.6 Å². The number of nitrogens with one attached hydrogen (secondary N) is 1. The summed E-state index contributed by atoms with van der Waals surface area (Å²) in [6, 6.07) is 8.17. The second-order valence-electron chi connectivity index (χ2n) is 7.11.